The topological polar surface area (TPSA) is 61.4 Å². The fourth-order valence-corrected chi connectivity index (χ4v) is 4.87. The molecule has 3 atom stereocenters. The fourth-order valence-electron chi connectivity index (χ4n) is 4.31. The van der Waals surface area contributed by atoms with Gasteiger partial charge in [0.15, 0.2) is 0 Å². The molecule has 0 unspecified atom stereocenters. The van der Waals surface area contributed by atoms with Crippen LogP contribution in [0, 0.1) is 5.92 Å². The number of aromatic carboxylic acids is 1. The van der Waals surface area contributed by atoms with Crippen LogP contribution in [-0.2, 0) is 0 Å². The van der Waals surface area contributed by atoms with Gasteiger partial charge in [0.2, 0.25) is 0 Å². The van der Waals surface area contributed by atoms with E-state index in [9.17, 15) is 9.90 Å². The quantitative estimate of drug-likeness (QED) is 0.827. The molecule has 138 valence electrons. The smallest absolute Gasteiger partial charge is 0.120 e. The SMILES string of the molecule is O=C([O-])c1ccc2c(c1)[C@H]1C=CC[C@H]1[C@H](c1cccc(OC3CSC3)c1)N2. The fraction of sp³-hybridized carbons (Fsp3) is 0.318. The van der Waals surface area contributed by atoms with E-state index in [1.807, 2.05) is 23.9 Å². The molecular weight excluding hydrogens is 358 g/mol. The summed E-state index contributed by atoms with van der Waals surface area (Å²) in [5.41, 5.74) is 3.50. The molecule has 1 fully saturated rings. The molecule has 4 nitrogen and oxygen atoms in total. The lowest BCUT2D eigenvalue weighted by Crippen LogP contribution is -2.31. The van der Waals surface area contributed by atoms with E-state index in [-0.39, 0.29) is 17.5 Å². The van der Waals surface area contributed by atoms with E-state index in [0.29, 0.717) is 12.0 Å². The molecule has 27 heavy (non-hydrogen) atoms. The highest BCUT2D eigenvalue weighted by atomic mass is 32.2. The van der Waals surface area contributed by atoms with Crippen LogP contribution in [0.25, 0.3) is 0 Å². The number of fused-ring (bicyclic) bond motifs is 3. The van der Waals surface area contributed by atoms with Gasteiger partial charge in [0.25, 0.3) is 0 Å². The van der Waals surface area contributed by atoms with Gasteiger partial charge in [-0.05, 0) is 53.3 Å². The van der Waals surface area contributed by atoms with Crippen molar-refractivity contribution >= 4 is 23.4 Å². The minimum Gasteiger partial charge on any atom is -0.545 e. The summed E-state index contributed by atoms with van der Waals surface area (Å²) in [5.74, 6) is 2.52. The van der Waals surface area contributed by atoms with Crippen LogP contribution < -0.4 is 15.2 Å². The van der Waals surface area contributed by atoms with Crippen LogP contribution in [-0.4, -0.2) is 23.6 Å². The summed E-state index contributed by atoms with van der Waals surface area (Å²) in [4.78, 5) is 11.3. The van der Waals surface area contributed by atoms with Gasteiger partial charge in [-0.1, -0.05) is 30.4 Å². The van der Waals surface area contributed by atoms with Crippen LogP contribution in [0.2, 0.25) is 0 Å². The Balaban J connectivity index is 1.47. The van der Waals surface area contributed by atoms with Gasteiger partial charge in [0.05, 0.1) is 12.0 Å². The summed E-state index contributed by atoms with van der Waals surface area (Å²) in [7, 11) is 0. The number of carbonyl (C=O) groups is 1. The Labute approximate surface area is 162 Å². The number of hydrogen-bond donors (Lipinski definition) is 1. The molecule has 2 aromatic rings. The van der Waals surface area contributed by atoms with Gasteiger partial charge in [-0.3, -0.25) is 0 Å². The van der Waals surface area contributed by atoms with Crippen molar-refractivity contribution in [3.63, 3.8) is 0 Å². The molecule has 0 bridgehead atoms. The molecule has 5 heteroatoms. The van der Waals surface area contributed by atoms with Crippen molar-refractivity contribution in [1.29, 1.82) is 0 Å². The van der Waals surface area contributed by atoms with Gasteiger partial charge in [0.1, 0.15) is 11.9 Å². The Morgan fingerprint density at radius 2 is 2.07 bits per heavy atom. The van der Waals surface area contributed by atoms with Crippen LogP contribution in [0.4, 0.5) is 5.69 Å². The number of ether oxygens (including phenoxy) is 1. The van der Waals surface area contributed by atoms with E-state index >= 15 is 0 Å². The second kappa shape index (κ2) is 6.64. The van der Waals surface area contributed by atoms with Crippen molar-refractivity contribution < 1.29 is 14.6 Å². The lowest BCUT2D eigenvalue weighted by atomic mass is 9.76. The predicted octanol–water partition coefficient (Wildman–Crippen LogP) is 3.37. The first-order chi connectivity index (χ1) is 13.2. The molecule has 1 N–H and O–H groups in total. The Bertz CT molecular complexity index is 922. The molecule has 0 saturated carbocycles. The van der Waals surface area contributed by atoms with E-state index < -0.39 is 5.97 Å². The number of carbonyl (C=O) groups excluding carboxylic acids is 1. The summed E-state index contributed by atoms with van der Waals surface area (Å²) >= 11 is 1.91. The van der Waals surface area contributed by atoms with Gasteiger partial charge >= 0.3 is 0 Å². The summed E-state index contributed by atoms with van der Waals surface area (Å²) in [5, 5.41) is 14.9. The van der Waals surface area contributed by atoms with E-state index in [1.165, 1.54) is 5.56 Å². The normalized spacial score (nSPS) is 25.9. The first kappa shape index (κ1) is 16.8. The number of carboxylic acid groups (broad SMARTS) is 1. The molecule has 3 aliphatic rings. The highest BCUT2D eigenvalue weighted by Gasteiger charge is 2.38. The van der Waals surface area contributed by atoms with Crippen LogP contribution in [0.15, 0.2) is 54.6 Å². The number of benzene rings is 2. The average Bonchev–Trinajstić information content (AvgIpc) is 3.14. The molecule has 2 heterocycles. The minimum atomic E-state index is -1.13. The lowest BCUT2D eigenvalue weighted by Gasteiger charge is -2.38. The second-order valence-corrected chi connectivity index (χ2v) is 8.49. The molecular formula is C22H20NO3S-. The zero-order valence-electron chi connectivity index (χ0n) is 14.8. The lowest BCUT2D eigenvalue weighted by molar-refractivity contribution is -0.255. The van der Waals surface area contributed by atoms with E-state index in [0.717, 1.165) is 34.9 Å². The maximum absolute atomic E-state index is 11.3. The van der Waals surface area contributed by atoms with Gasteiger partial charge in [-0.25, -0.2) is 0 Å². The number of allylic oxidation sites excluding steroid dienone is 2. The van der Waals surface area contributed by atoms with E-state index in [2.05, 4.69) is 35.7 Å². The number of thioether (sulfide) groups is 1. The van der Waals surface area contributed by atoms with Crippen molar-refractivity contribution in [2.75, 3.05) is 16.8 Å². The van der Waals surface area contributed by atoms with Crippen LogP contribution in [0.3, 0.4) is 0 Å². The summed E-state index contributed by atoms with van der Waals surface area (Å²) in [6, 6.07) is 13.8. The maximum atomic E-state index is 11.3. The standard InChI is InChI=1S/C22H21NO3S/c24-22(25)14-7-8-20-19(10-14)17-5-2-6-18(17)21(23-20)13-3-1-4-15(9-13)26-16-11-27-12-16/h1-5,7-10,16-18,21,23H,6,11-12H2,(H,24,25)/p-1/t17-,18+,21-/m0/s1. The van der Waals surface area contributed by atoms with Gasteiger partial charge < -0.3 is 20.0 Å². The molecule has 0 radical (unpaired) electrons. The summed E-state index contributed by atoms with van der Waals surface area (Å²) in [6.07, 6.45) is 5.72. The third-order valence-electron chi connectivity index (χ3n) is 5.73. The van der Waals surface area contributed by atoms with Gasteiger partial charge in [-0.2, -0.15) is 11.8 Å². The Hall–Kier alpha value is -2.40. The van der Waals surface area contributed by atoms with Crippen molar-refractivity contribution in [2.24, 2.45) is 5.92 Å². The zero-order valence-corrected chi connectivity index (χ0v) is 15.6. The molecule has 2 aliphatic heterocycles. The Kier molecular flexibility index (Phi) is 4.12. The highest BCUT2D eigenvalue weighted by molar-refractivity contribution is 8.00. The third kappa shape index (κ3) is 3.00. The highest BCUT2D eigenvalue weighted by Crippen LogP contribution is 2.50. The number of hydrogen-bond acceptors (Lipinski definition) is 5. The van der Waals surface area contributed by atoms with Crippen molar-refractivity contribution in [1.82, 2.24) is 0 Å². The molecule has 1 aliphatic carbocycles. The maximum Gasteiger partial charge on any atom is 0.120 e. The van der Waals surface area contributed by atoms with Crippen molar-refractivity contribution in [2.45, 2.75) is 24.5 Å². The van der Waals surface area contributed by atoms with E-state index in [1.54, 1.807) is 12.1 Å². The molecule has 0 spiro atoms. The molecule has 1 saturated heterocycles. The van der Waals surface area contributed by atoms with Gasteiger partial charge in [-0.15, -0.1) is 0 Å². The van der Waals surface area contributed by atoms with Gasteiger partial charge in [0, 0.05) is 23.1 Å². The number of nitrogens with one attached hydrogen (secondary N) is 1. The number of rotatable bonds is 4. The monoisotopic (exact) mass is 378 g/mol. The largest absolute Gasteiger partial charge is 0.545 e. The molecule has 2 aromatic carbocycles. The number of carboxylic acids is 1. The predicted molar refractivity (Wildman–Crippen MR) is 105 cm³/mol. The summed E-state index contributed by atoms with van der Waals surface area (Å²) < 4.78 is 6.07. The molecule has 5 rings (SSSR count). The van der Waals surface area contributed by atoms with Crippen LogP contribution in [0.1, 0.15) is 39.9 Å². The van der Waals surface area contributed by atoms with Crippen LogP contribution >= 0.6 is 11.8 Å². The Morgan fingerprint density at radius 3 is 2.85 bits per heavy atom. The first-order valence-electron chi connectivity index (χ1n) is 9.32. The first-order valence-corrected chi connectivity index (χ1v) is 10.5. The third-order valence-corrected chi connectivity index (χ3v) is 6.94. The van der Waals surface area contributed by atoms with Crippen molar-refractivity contribution in [3.05, 3.63) is 71.3 Å². The van der Waals surface area contributed by atoms with E-state index in [4.69, 9.17) is 4.74 Å². The van der Waals surface area contributed by atoms with Crippen molar-refractivity contribution in [3.8, 4) is 5.75 Å². The molecule has 0 amide bonds. The van der Waals surface area contributed by atoms with Crippen LogP contribution in [0.5, 0.6) is 5.75 Å². The molecule has 0 aromatic heterocycles. The summed E-state index contributed by atoms with van der Waals surface area (Å²) in [6.45, 7) is 0. The number of anilines is 1. The minimum absolute atomic E-state index is 0.172. The zero-order chi connectivity index (χ0) is 18.4. The average molecular weight is 378 g/mol. The second-order valence-electron chi connectivity index (χ2n) is 7.41. The Morgan fingerprint density at radius 1 is 1.19 bits per heavy atom.